The van der Waals surface area contributed by atoms with Gasteiger partial charge in [-0.25, -0.2) is 4.98 Å². The van der Waals surface area contributed by atoms with Crippen LogP contribution in [0.1, 0.15) is 31.2 Å². The first-order chi connectivity index (χ1) is 9.86. The molecule has 1 fully saturated rings. The summed E-state index contributed by atoms with van der Waals surface area (Å²) in [6, 6.07) is 2.03. The number of halogens is 3. The molecule has 1 N–H and O–H groups in total. The Morgan fingerprint density at radius 2 is 2.05 bits per heavy atom. The van der Waals surface area contributed by atoms with Crippen molar-refractivity contribution in [3.8, 4) is 0 Å². The second-order valence-corrected chi connectivity index (χ2v) is 5.26. The van der Waals surface area contributed by atoms with E-state index in [1.54, 1.807) is 0 Å². The highest BCUT2D eigenvalue weighted by molar-refractivity contribution is 5.66. The third-order valence-corrected chi connectivity index (χ3v) is 3.78. The number of carbonyl (C=O) groups is 1. The molecule has 2 rings (SSSR count). The van der Waals surface area contributed by atoms with Gasteiger partial charge in [0.2, 0.25) is 0 Å². The van der Waals surface area contributed by atoms with Crippen LogP contribution >= 0.6 is 0 Å². The summed E-state index contributed by atoms with van der Waals surface area (Å²) >= 11 is 0. The number of aromatic nitrogens is 1. The van der Waals surface area contributed by atoms with E-state index in [1.165, 1.54) is 6.20 Å². The van der Waals surface area contributed by atoms with Crippen molar-refractivity contribution in [3.05, 3.63) is 23.9 Å². The molecule has 7 heteroatoms. The van der Waals surface area contributed by atoms with Gasteiger partial charge < -0.3 is 10.0 Å². The minimum atomic E-state index is -4.36. The minimum absolute atomic E-state index is 0.145. The van der Waals surface area contributed by atoms with Gasteiger partial charge in [-0.1, -0.05) is 0 Å². The van der Waals surface area contributed by atoms with Crippen molar-refractivity contribution in [2.24, 2.45) is 5.92 Å². The molecule has 0 saturated carbocycles. The molecule has 1 saturated heterocycles. The molecule has 1 aliphatic heterocycles. The molecular weight excluding hydrogens is 285 g/mol. The Balaban J connectivity index is 1.95. The zero-order chi connectivity index (χ0) is 15.5. The predicted octanol–water partition coefficient (Wildman–Crippen LogP) is 3.18. The van der Waals surface area contributed by atoms with E-state index >= 15 is 0 Å². The normalized spacial score (nSPS) is 17.0. The second-order valence-electron chi connectivity index (χ2n) is 5.26. The van der Waals surface area contributed by atoms with Crippen molar-refractivity contribution >= 4 is 11.8 Å². The van der Waals surface area contributed by atoms with E-state index in [1.807, 2.05) is 4.90 Å². The Bertz CT molecular complexity index is 497. The molecule has 0 aromatic carbocycles. The van der Waals surface area contributed by atoms with E-state index in [0.29, 0.717) is 31.2 Å². The Labute approximate surface area is 120 Å². The molecule has 0 spiro atoms. The molecule has 0 bridgehead atoms. The molecule has 116 valence electrons. The topological polar surface area (TPSA) is 53.4 Å². The largest absolute Gasteiger partial charge is 0.481 e. The lowest BCUT2D eigenvalue weighted by Crippen LogP contribution is -2.34. The lowest BCUT2D eigenvalue weighted by atomic mass is 9.92. The first kappa shape index (κ1) is 15.6. The van der Waals surface area contributed by atoms with Crippen molar-refractivity contribution in [3.63, 3.8) is 0 Å². The van der Waals surface area contributed by atoms with Crippen LogP contribution in [0.15, 0.2) is 18.3 Å². The molecule has 1 aliphatic rings. The maximum absolute atomic E-state index is 12.7. The third-order valence-electron chi connectivity index (χ3n) is 3.78. The average Bonchev–Trinajstić information content (AvgIpc) is 2.45. The van der Waals surface area contributed by atoms with Crippen LogP contribution in [0.25, 0.3) is 0 Å². The number of hydrogen-bond acceptors (Lipinski definition) is 3. The highest BCUT2D eigenvalue weighted by Crippen LogP contribution is 2.32. The van der Waals surface area contributed by atoms with Gasteiger partial charge in [0.1, 0.15) is 5.82 Å². The molecular formula is C14H17F3N2O2. The van der Waals surface area contributed by atoms with Crippen LogP contribution in [0, 0.1) is 5.92 Å². The number of anilines is 1. The number of nitrogens with zero attached hydrogens (tertiary/aromatic N) is 2. The van der Waals surface area contributed by atoms with E-state index in [2.05, 4.69) is 4.98 Å². The first-order valence-corrected chi connectivity index (χ1v) is 6.86. The zero-order valence-corrected chi connectivity index (χ0v) is 11.4. The third kappa shape index (κ3) is 4.34. The maximum Gasteiger partial charge on any atom is 0.416 e. The quantitative estimate of drug-likeness (QED) is 0.928. The predicted molar refractivity (Wildman–Crippen MR) is 71.0 cm³/mol. The Hall–Kier alpha value is -1.79. The Kier molecular flexibility index (Phi) is 4.69. The van der Waals surface area contributed by atoms with Crippen LogP contribution < -0.4 is 4.90 Å². The summed E-state index contributed by atoms with van der Waals surface area (Å²) in [5, 5.41) is 8.65. The van der Waals surface area contributed by atoms with E-state index in [9.17, 15) is 18.0 Å². The standard InChI is InChI=1S/C14H17F3N2O2/c15-14(16,17)11-3-6-18-12(9-11)19-7-4-10(5-8-19)1-2-13(20)21/h3,6,9-10H,1-2,4-5,7-8H2,(H,20,21). The molecule has 1 aromatic rings. The van der Waals surface area contributed by atoms with Gasteiger partial charge in [-0.3, -0.25) is 4.79 Å². The smallest absolute Gasteiger partial charge is 0.416 e. The molecule has 0 radical (unpaired) electrons. The van der Waals surface area contributed by atoms with Crippen LogP contribution in [0.4, 0.5) is 19.0 Å². The van der Waals surface area contributed by atoms with E-state index in [-0.39, 0.29) is 6.42 Å². The van der Waals surface area contributed by atoms with Crippen LogP contribution in [-0.4, -0.2) is 29.1 Å². The van der Waals surface area contributed by atoms with E-state index in [0.717, 1.165) is 25.0 Å². The number of alkyl halides is 3. The molecule has 0 atom stereocenters. The molecule has 0 amide bonds. The van der Waals surface area contributed by atoms with E-state index < -0.39 is 17.7 Å². The maximum atomic E-state index is 12.7. The number of carboxylic acid groups (broad SMARTS) is 1. The highest BCUT2D eigenvalue weighted by Gasteiger charge is 2.31. The number of carboxylic acids is 1. The molecule has 21 heavy (non-hydrogen) atoms. The van der Waals surface area contributed by atoms with Gasteiger partial charge in [0, 0.05) is 25.7 Å². The fourth-order valence-corrected chi connectivity index (χ4v) is 2.55. The zero-order valence-electron chi connectivity index (χ0n) is 11.4. The summed E-state index contributed by atoms with van der Waals surface area (Å²) in [5.74, 6) is -0.151. The number of rotatable bonds is 4. The number of pyridine rings is 1. The van der Waals surface area contributed by atoms with Crippen LogP contribution in [0.3, 0.4) is 0 Å². The van der Waals surface area contributed by atoms with Gasteiger partial charge in [-0.15, -0.1) is 0 Å². The Morgan fingerprint density at radius 1 is 1.38 bits per heavy atom. The first-order valence-electron chi connectivity index (χ1n) is 6.86. The minimum Gasteiger partial charge on any atom is -0.481 e. The van der Waals surface area contributed by atoms with Gasteiger partial charge in [0.05, 0.1) is 5.56 Å². The number of aliphatic carboxylic acids is 1. The van der Waals surface area contributed by atoms with E-state index in [4.69, 9.17) is 5.11 Å². The highest BCUT2D eigenvalue weighted by atomic mass is 19.4. The van der Waals surface area contributed by atoms with Crippen molar-refractivity contribution in [1.82, 2.24) is 4.98 Å². The second kappa shape index (κ2) is 6.32. The fraction of sp³-hybridized carbons (Fsp3) is 0.571. The molecule has 0 unspecified atom stereocenters. The summed E-state index contributed by atoms with van der Waals surface area (Å²) < 4.78 is 38.0. The Morgan fingerprint density at radius 3 is 2.62 bits per heavy atom. The van der Waals surface area contributed by atoms with Gasteiger partial charge in [0.15, 0.2) is 0 Å². The summed E-state index contributed by atoms with van der Waals surface area (Å²) in [6.07, 6.45) is -0.853. The van der Waals surface area contributed by atoms with Crippen molar-refractivity contribution in [1.29, 1.82) is 0 Å². The van der Waals surface area contributed by atoms with Crippen molar-refractivity contribution in [2.45, 2.75) is 31.9 Å². The SMILES string of the molecule is O=C(O)CCC1CCN(c2cc(C(F)(F)F)ccn2)CC1. The van der Waals surface area contributed by atoms with Gasteiger partial charge in [-0.05, 0) is 37.3 Å². The summed E-state index contributed by atoms with van der Waals surface area (Å²) in [4.78, 5) is 16.4. The molecule has 4 nitrogen and oxygen atoms in total. The summed E-state index contributed by atoms with van der Waals surface area (Å²) in [7, 11) is 0. The molecule has 0 aliphatic carbocycles. The number of hydrogen-bond donors (Lipinski definition) is 1. The van der Waals surface area contributed by atoms with Gasteiger partial charge >= 0.3 is 12.1 Å². The summed E-state index contributed by atoms with van der Waals surface area (Å²) in [6.45, 7) is 1.22. The van der Waals surface area contributed by atoms with Gasteiger partial charge in [0.25, 0.3) is 0 Å². The van der Waals surface area contributed by atoms with Crippen LogP contribution in [0.2, 0.25) is 0 Å². The lowest BCUT2D eigenvalue weighted by Gasteiger charge is -2.32. The van der Waals surface area contributed by atoms with Crippen LogP contribution in [0.5, 0.6) is 0 Å². The van der Waals surface area contributed by atoms with Crippen molar-refractivity contribution < 1.29 is 23.1 Å². The van der Waals surface area contributed by atoms with Gasteiger partial charge in [-0.2, -0.15) is 13.2 Å². The molecule has 1 aromatic heterocycles. The lowest BCUT2D eigenvalue weighted by molar-refractivity contribution is -0.138. The van der Waals surface area contributed by atoms with Crippen molar-refractivity contribution in [2.75, 3.05) is 18.0 Å². The fourth-order valence-electron chi connectivity index (χ4n) is 2.55. The number of piperidine rings is 1. The monoisotopic (exact) mass is 302 g/mol. The van der Waals surface area contributed by atoms with Crippen LogP contribution in [-0.2, 0) is 11.0 Å². The average molecular weight is 302 g/mol. The molecule has 2 heterocycles. The summed E-state index contributed by atoms with van der Waals surface area (Å²) in [5.41, 5.74) is -0.694.